The van der Waals surface area contributed by atoms with Gasteiger partial charge in [0.25, 0.3) is 15.9 Å². The fourth-order valence-corrected chi connectivity index (χ4v) is 8.10. The Morgan fingerprint density at radius 1 is 1.00 bits per heavy atom. The van der Waals surface area contributed by atoms with Crippen molar-refractivity contribution in [3.63, 3.8) is 0 Å². The van der Waals surface area contributed by atoms with Crippen LogP contribution in [0.3, 0.4) is 0 Å². The lowest BCUT2D eigenvalue weighted by Crippen LogP contribution is -2.35. The van der Waals surface area contributed by atoms with Gasteiger partial charge in [-0.2, -0.15) is 4.31 Å². The van der Waals surface area contributed by atoms with Crippen LogP contribution >= 0.6 is 35.0 Å². The SMILES string of the molecule is CON(C)C(=O)c1nc(NS(=O)(=O)c2ccc(Cl)cc2Cl)ccc1Sc1ccc(S(=O)(=O)N2CCCCC2)cc1. The first-order valence-electron chi connectivity index (χ1n) is 12.0. The fraction of sp³-hybridized carbons (Fsp3) is 0.280. The monoisotopic (exact) mass is 644 g/mol. The van der Waals surface area contributed by atoms with Crippen molar-refractivity contribution in [3.05, 3.63) is 70.3 Å². The van der Waals surface area contributed by atoms with Crippen LogP contribution in [-0.4, -0.2) is 64.3 Å². The quantitative estimate of drug-likeness (QED) is 0.317. The summed E-state index contributed by atoms with van der Waals surface area (Å²) in [5.41, 5.74) is -0.0817. The van der Waals surface area contributed by atoms with Crippen LogP contribution in [0.15, 0.2) is 74.2 Å². The molecule has 4 rings (SSSR count). The minimum absolute atomic E-state index is 0.0756. The first-order valence-corrected chi connectivity index (χ1v) is 16.5. The van der Waals surface area contributed by atoms with Crippen molar-refractivity contribution in [2.45, 2.75) is 38.8 Å². The van der Waals surface area contributed by atoms with Crippen molar-refractivity contribution in [2.24, 2.45) is 0 Å². The zero-order valence-corrected chi connectivity index (χ0v) is 25.5. The van der Waals surface area contributed by atoms with E-state index in [0.717, 1.165) is 24.3 Å². The predicted molar refractivity (Wildman–Crippen MR) is 154 cm³/mol. The van der Waals surface area contributed by atoms with Crippen LogP contribution < -0.4 is 4.72 Å². The second kappa shape index (κ2) is 12.6. The number of sulfonamides is 2. The van der Waals surface area contributed by atoms with E-state index in [1.165, 1.54) is 72.7 Å². The number of carbonyl (C=O) groups excluding carboxylic acids is 1. The van der Waals surface area contributed by atoms with Gasteiger partial charge in [-0.1, -0.05) is 41.4 Å². The van der Waals surface area contributed by atoms with Gasteiger partial charge in [0.1, 0.15) is 16.4 Å². The highest BCUT2D eigenvalue weighted by Gasteiger charge is 2.26. The van der Waals surface area contributed by atoms with Gasteiger partial charge in [-0.05, 0) is 67.4 Å². The van der Waals surface area contributed by atoms with Crippen LogP contribution in [0.2, 0.25) is 10.0 Å². The van der Waals surface area contributed by atoms with Crippen LogP contribution in [0.25, 0.3) is 0 Å². The molecule has 3 aromatic rings. The number of hydrogen-bond donors (Lipinski definition) is 1. The lowest BCUT2D eigenvalue weighted by molar-refractivity contribution is -0.0762. The second-order valence-electron chi connectivity index (χ2n) is 8.75. The molecular weight excluding hydrogens is 619 g/mol. The summed E-state index contributed by atoms with van der Waals surface area (Å²) < 4.78 is 55.7. The topological polar surface area (TPSA) is 126 Å². The van der Waals surface area contributed by atoms with Gasteiger partial charge >= 0.3 is 0 Å². The Morgan fingerprint density at radius 3 is 2.30 bits per heavy atom. The molecule has 2 heterocycles. The highest BCUT2D eigenvalue weighted by Crippen LogP contribution is 2.33. The minimum atomic E-state index is -4.16. The van der Waals surface area contributed by atoms with E-state index >= 15 is 0 Å². The lowest BCUT2D eigenvalue weighted by atomic mass is 10.2. The van der Waals surface area contributed by atoms with Crippen molar-refractivity contribution in [1.29, 1.82) is 0 Å². The summed E-state index contributed by atoms with van der Waals surface area (Å²) in [5, 5.41) is 1.15. The van der Waals surface area contributed by atoms with E-state index in [4.69, 9.17) is 28.0 Å². The Balaban J connectivity index is 1.62. The molecule has 15 heteroatoms. The molecule has 0 bridgehead atoms. The third-order valence-corrected chi connectivity index (χ3v) is 11.1. The first kappa shape index (κ1) is 30.6. The molecule has 1 aliphatic rings. The maximum absolute atomic E-state index is 13.1. The van der Waals surface area contributed by atoms with Crippen molar-refractivity contribution < 1.29 is 26.5 Å². The molecule has 0 spiro atoms. The fourth-order valence-electron chi connectivity index (χ4n) is 3.92. The maximum atomic E-state index is 13.1. The number of amides is 1. The molecule has 0 saturated carbocycles. The second-order valence-corrected chi connectivity index (χ2v) is 14.3. The van der Waals surface area contributed by atoms with Crippen LogP contribution in [0.5, 0.6) is 0 Å². The number of rotatable bonds is 9. The van der Waals surface area contributed by atoms with Gasteiger partial charge in [-0.15, -0.1) is 0 Å². The van der Waals surface area contributed by atoms with Crippen LogP contribution in [-0.2, 0) is 24.9 Å². The normalized spacial score (nSPS) is 14.6. The number of nitrogens with zero attached hydrogens (tertiary/aromatic N) is 3. The number of benzene rings is 2. The maximum Gasteiger partial charge on any atom is 0.296 e. The number of halogens is 2. The Labute approximate surface area is 247 Å². The first-order chi connectivity index (χ1) is 18.9. The largest absolute Gasteiger partial charge is 0.296 e. The summed E-state index contributed by atoms with van der Waals surface area (Å²) in [6.07, 6.45) is 2.70. The number of aromatic nitrogens is 1. The average Bonchev–Trinajstić information content (AvgIpc) is 2.93. The summed E-state index contributed by atoms with van der Waals surface area (Å²) in [5.74, 6) is -0.744. The molecule has 1 saturated heterocycles. The van der Waals surface area contributed by atoms with E-state index in [1.54, 1.807) is 12.1 Å². The number of nitrogens with one attached hydrogen (secondary N) is 1. The van der Waals surface area contributed by atoms with Gasteiger partial charge in [0.2, 0.25) is 10.0 Å². The van der Waals surface area contributed by atoms with Gasteiger partial charge in [-0.25, -0.2) is 26.9 Å². The van der Waals surface area contributed by atoms with Crippen LogP contribution in [0, 0.1) is 0 Å². The number of carbonyl (C=O) groups is 1. The molecule has 1 aromatic heterocycles. The molecule has 1 amide bonds. The molecule has 0 aliphatic carbocycles. The van der Waals surface area contributed by atoms with E-state index in [9.17, 15) is 21.6 Å². The molecule has 1 N–H and O–H groups in total. The van der Waals surface area contributed by atoms with Gasteiger partial charge in [0.15, 0.2) is 0 Å². The average molecular weight is 646 g/mol. The molecule has 10 nitrogen and oxygen atoms in total. The number of piperidine rings is 1. The molecular formula is C25H26Cl2N4O6S3. The Morgan fingerprint density at radius 2 is 1.68 bits per heavy atom. The summed E-state index contributed by atoms with van der Waals surface area (Å²) in [6.45, 7) is 1.01. The van der Waals surface area contributed by atoms with E-state index in [2.05, 4.69) is 9.71 Å². The van der Waals surface area contributed by atoms with E-state index in [0.29, 0.717) is 22.9 Å². The van der Waals surface area contributed by atoms with Crippen molar-refractivity contribution in [2.75, 3.05) is 32.0 Å². The highest BCUT2D eigenvalue weighted by atomic mass is 35.5. The summed E-state index contributed by atoms with van der Waals surface area (Å²) in [6, 6.07) is 13.2. The van der Waals surface area contributed by atoms with Gasteiger partial charge in [0, 0.05) is 35.0 Å². The van der Waals surface area contributed by atoms with Gasteiger partial charge < -0.3 is 0 Å². The zero-order chi connectivity index (χ0) is 29.1. The van der Waals surface area contributed by atoms with Crippen LogP contribution in [0.4, 0.5) is 5.82 Å². The Hall–Kier alpha value is -2.39. The molecule has 214 valence electrons. The smallest absolute Gasteiger partial charge is 0.274 e. The number of pyridine rings is 1. The number of anilines is 1. The summed E-state index contributed by atoms with van der Waals surface area (Å²) in [4.78, 5) is 23.4. The van der Waals surface area contributed by atoms with E-state index < -0.39 is 26.0 Å². The third kappa shape index (κ3) is 6.90. The third-order valence-electron chi connectivity index (χ3n) is 6.05. The lowest BCUT2D eigenvalue weighted by Gasteiger charge is -2.25. The van der Waals surface area contributed by atoms with Gasteiger partial charge in [0.05, 0.1) is 17.0 Å². The molecule has 1 aliphatic heterocycles. The predicted octanol–water partition coefficient (Wildman–Crippen LogP) is 5.15. The minimum Gasteiger partial charge on any atom is -0.274 e. The Bertz CT molecular complexity index is 1610. The van der Waals surface area contributed by atoms with Crippen molar-refractivity contribution >= 4 is 66.7 Å². The van der Waals surface area contributed by atoms with E-state index in [-0.39, 0.29) is 31.3 Å². The molecule has 1 fully saturated rings. The summed E-state index contributed by atoms with van der Waals surface area (Å²) >= 11 is 13.1. The Kier molecular flexibility index (Phi) is 9.66. The summed E-state index contributed by atoms with van der Waals surface area (Å²) in [7, 11) is -5.04. The number of hydroxylamine groups is 2. The molecule has 0 atom stereocenters. The molecule has 0 unspecified atom stereocenters. The highest BCUT2D eigenvalue weighted by molar-refractivity contribution is 7.99. The molecule has 40 heavy (non-hydrogen) atoms. The van der Waals surface area contributed by atoms with Crippen molar-refractivity contribution in [1.82, 2.24) is 14.4 Å². The molecule has 2 aromatic carbocycles. The van der Waals surface area contributed by atoms with E-state index in [1.807, 2.05) is 0 Å². The zero-order valence-electron chi connectivity index (χ0n) is 21.5. The molecule has 0 radical (unpaired) electrons. The van der Waals surface area contributed by atoms with Crippen LogP contribution in [0.1, 0.15) is 29.8 Å². The number of hydrogen-bond acceptors (Lipinski definition) is 8. The van der Waals surface area contributed by atoms with Gasteiger partial charge in [-0.3, -0.25) is 14.4 Å². The van der Waals surface area contributed by atoms with Crippen molar-refractivity contribution in [3.8, 4) is 0 Å². The standard InChI is InChI=1S/C25H26Cl2N4O6S3/c1-30(37-2)25(32)24-21(11-13-23(28-24)29-39(33,34)22-12-6-17(26)16-20(22)27)38-18-7-9-19(10-8-18)40(35,36)31-14-4-3-5-15-31/h6-13,16H,3-5,14-15H2,1-2H3,(H,28,29).